The number of hydrogen-bond donors (Lipinski definition) is 1. The number of piperidine rings is 1. The standard InChI is InChI=1S/C27H35NO3/c1-18(2)21-6-9-24(10-7-21)31-25-11-8-22-14-20(4-5-23(22)15-25)17-28-13-12-26(27(29)30)19(3)16-28/h4-5,8,11,14-15,19,21,24,26H,1,6-7,9-10,12-13,16-17H2,2-3H3,(H,29,30)/t19?,21-,24-,26?. The van der Waals surface area contributed by atoms with Gasteiger partial charge in [-0.15, -0.1) is 0 Å². The van der Waals surface area contributed by atoms with Crippen molar-refractivity contribution in [2.45, 2.75) is 58.6 Å². The average Bonchev–Trinajstić information content (AvgIpc) is 2.74. The zero-order chi connectivity index (χ0) is 22.0. The molecular formula is C27H35NO3. The zero-order valence-corrected chi connectivity index (χ0v) is 18.8. The Labute approximate surface area is 185 Å². The van der Waals surface area contributed by atoms with Gasteiger partial charge in [0.15, 0.2) is 0 Å². The first-order valence-electron chi connectivity index (χ1n) is 11.7. The molecule has 1 saturated carbocycles. The first kappa shape index (κ1) is 21.9. The topological polar surface area (TPSA) is 49.8 Å². The highest BCUT2D eigenvalue weighted by Gasteiger charge is 2.31. The molecule has 1 heterocycles. The molecule has 1 aliphatic heterocycles. The number of carboxylic acids is 1. The van der Waals surface area contributed by atoms with Crippen molar-refractivity contribution in [2.24, 2.45) is 17.8 Å². The first-order chi connectivity index (χ1) is 14.9. The third-order valence-corrected chi connectivity index (χ3v) is 7.26. The van der Waals surface area contributed by atoms with Crippen molar-refractivity contribution in [3.63, 3.8) is 0 Å². The van der Waals surface area contributed by atoms with Crippen molar-refractivity contribution in [3.8, 4) is 5.75 Å². The van der Waals surface area contributed by atoms with Crippen molar-refractivity contribution < 1.29 is 14.6 Å². The normalized spacial score (nSPS) is 27.2. The highest BCUT2D eigenvalue weighted by atomic mass is 16.5. The molecule has 2 fully saturated rings. The molecule has 2 aromatic carbocycles. The Morgan fingerprint density at radius 1 is 1.10 bits per heavy atom. The van der Waals surface area contributed by atoms with Crippen LogP contribution in [-0.2, 0) is 11.3 Å². The van der Waals surface area contributed by atoms with E-state index in [9.17, 15) is 9.90 Å². The number of carbonyl (C=O) groups is 1. The molecule has 0 radical (unpaired) electrons. The van der Waals surface area contributed by atoms with E-state index in [0.717, 1.165) is 44.6 Å². The summed E-state index contributed by atoms with van der Waals surface area (Å²) in [6, 6.07) is 13.0. The number of rotatable bonds is 6. The molecule has 1 saturated heterocycles. The maximum Gasteiger partial charge on any atom is 0.306 e. The van der Waals surface area contributed by atoms with E-state index >= 15 is 0 Å². The summed E-state index contributed by atoms with van der Waals surface area (Å²) in [5.74, 6) is 0.954. The molecule has 0 bridgehead atoms. The van der Waals surface area contributed by atoms with Crippen molar-refractivity contribution in [1.82, 2.24) is 4.90 Å². The zero-order valence-electron chi connectivity index (χ0n) is 18.8. The molecule has 0 amide bonds. The highest BCUT2D eigenvalue weighted by Crippen LogP contribution is 2.32. The summed E-state index contributed by atoms with van der Waals surface area (Å²) < 4.78 is 6.30. The molecule has 2 aromatic rings. The number of likely N-dealkylation sites (tertiary alicyclic amines) is 1. The molecule has 1 aliphatic carbocycles. The summed E-state index contributed by atoms with van der Waals surface area (Å²) >= 11 is 0. The molecule has 166 valence electrons. The molecule has 2 unspecified atom stereocenters. The maximum absolute atomic E-state index is 11.3. The molecule has 31 heavy (non-hydrogen) atoms. The third-order valence-electron chi connectivity index (χ3n) is 7.26. The van der Waals surface area contributed by atoms with Gasteiger partial charge < -0.3 is 9.84 Å². The van der Waals surface area contributed by atoms with Crippen molar-refractivity contribution in [1.29, 1.82) is 0 Å². The lowest BCUT2D eigenvalue weighted by molar-refractivity contribution is -0.145. The van der Waals surface area contributed by atoms with Crippen LogP contribution in [0.5, 0.6) is 5.75 Å². The predicted molar refractivity (Wildman–Crippen MR) is 125 cm³/mol. The van der Waals surface area contributed by atoms with Gasteiger partial charge in [0.2, 0.25) is 0 Å². The smallest absolute Gasteiger partial charge is 0.306 e. The van der Waals surface area contributed by atoms with Gasteiger partial charge in [-0.25, -0.2) is 0 Å². The minimum Gasteiger partial charge on any atom is -0.490 e. The van der Waals surface area contributed by atoms with E-state index in [4.69, 9.17) is 4.74 Å². The average molecular weight is 422 g/mol. The molecule has 4 rings (SSSR count). The van der Waals surface area contributed by atoms with Gasteiger partial charge in [0.25, 0.3) is 0 Å². The largest absolute Gasteiger partial charge is 0.490 e. The summed E-state index contributed by atoms with van der Waals surface area (Å²) in [5.41, 5.74) is 2.58. The number of hydrogen-bond acceptors (Lipinski definition) is 3. The van der Waals surface area contributed by atoms with Crippen LogP contribution in [0.15, 0.2) is 48.6 Å². The second-order valence-electron chi connectivity index (χ2n) is 9.73. The Morgan fingerprint density at radius 2 is 1.81 bits per heavy atom. The van der Waals surface area contributed by atoms with Crippen molar-refractivity contribution in [3.05, 3.63) is 54.1 Å². The number of carboxylic acid groups (broad SMARTS) is 1. The van der Waals surface area contributed by atoms with Gasteiger partial charge in [0, 0.05) is 13.1 Å². The van der Waals surface area contributed by atoms with E-state index in [1.807, 2.05) is 0 Å². The fourth-order valence-electron chi connectivity index (χ4n) is 5.31. The highest BCUT2D eigenvalue weighted by molar-refractivity contribution is 5.84. The SMILES string of the molecule is C=C(C)[C@H]1CC[C@H](Oc2ccc3cc(CN4CCC(C(=O)O)C(C)C4)ccc3c2)CC1. The van der Waals surface area contributed by atoms with Crippen LogP contribution in [-0.4, -0.2) is 35.2 Å². The molecular weight excluding hydrogens is 386 g/mol. The van der Waals surface area contributed by atoms with Crippen LogP contribution in [0.1, 0.15) is 51.5 Å². The Bertz CT molecular complexity index is 945. The number of allylic oxidation sites excluding steroid dienone is 1. The number of benzene rings is 2. The Morgan fingerprint density at radius 3 is 2.48 bits per heavy atom. The van der Waals surface area contributed by atoms with E-state index in [1.54, 1.807) is 0 Å². The van der Waals surface area contributed by atoms with Crippen molar-refractivity contribution in [2.75, 3.05) is 13.1 Å². The minimum atomic E-state index is -0.653. The number of aliphatic carboxylic acids is 1. The predicted octanol–water partition coefficient (Wildman–Crippen LogP) is 5.90. The quantitative estimate of drug-likeness (QED) is 0.590. The lowest BCUT2D eigenvalue weighted by Crippen LogP contribution is -2.41. The molecule has 1 N–H and O–H groups in total. The van der Waals surface area contributed by atoms with Gasteiger partial charge in [-0.1, -0.05) is 37.3 Å². The molecule has 2 aliphatic rings. The van der Waals surface area contributed by atoms with E-state index in [0.29, 0.717) is 12.0 Å². The van der Waals surface area contributed by atoms with E-state index in [2.05, 4.69) is 61.7 Å². The Kier molecular flexibility index (Phi) is 6.66. The van der Waals surface area contributed by atoms with E-state index < -0.39 is 5.97 Å². The van der Waals surface area contributed by atoms with Crippen LogP contribution >= 0.6 is 0 Å². The summed E-state index contributed by atoms with van der Waals surface area (Å²) in [7, 11) is 0. The van der Waals surface area contributed by atoms with Gasteiger partial charge >= 0.3 is 5.97 Å². The molecule has 2 atom stereocenters. The third kappa shape index (κ3) is 5.30. The summed E-state index contributed by atoms with van der Waals surface area (Å²) in [6.07, 6.45) is 5.61. The number of nitrogens with zero attached hydrogens (tertiary/aromatic N) is 1. The lowest BCUT2D eigenvalue weighted by atomic mass is 9.83. The van der Waals surface area contributed by atoms with Gasteiger partial charge in [-0.3, -0.25) is 9.69 Å². The van der Waals surface area contributed by atoms with Gasteiger partial charge in [0.1, 0.15) is 5.75 Å². The van der Waals surface area contributed by atoms with E-state index in [-0.39, 0.29) is 11.8 Å². The van der Waals surface area contributed by atoms with E-state index in [1.165, 1.54) is 34.8 Å². The van der Waals surface area contributed by atoms with Crippen molar-refractivity contribution >= 4 is 16.7 Å². The summed E-state index contributed by atoms with van der Waals surface area (Å²) in [4.78, 5) is 13.7. The second kappa shape index (κ2) is 9.44. The van der Waals surface area contributed by atoms with Crippen LogP contribution < -0.4 is 4.74 Å². The number of fused-ring (bicyclic) bond motifs is 1. The van der Waals surface area contributed by atoms with Gasteiger partial charge in [-0.05, 0) is 91.9 Å². The first-order valence-corrected chi connectivity index (χ1v) is 11.7. The van der Waals surface area contributed by atoms with Crippen LogP contribution in [0.2, 0.25) is 0 Å². The molecule has 0 spiro atoms. The maximum atomic E-state index is 11.3. The Hall–Kier alpha value is -2.33. The molecule has 4 heteroatoms. The van der Waals surface area contributed by atoms with Crippen LogP contribution in [0.25, 0.3) is 10.8 Å². The van der Waals surface area contributed by atoms with Crippen LogP contribution in [0, 0.1) is 17.8 Å². The lowest BCUT2D eigenvalue weighted by Gasteiger charge is -2.35. The summed E-state index contributed by atoms with van der Waals surface area (Å²) in [5, 5.41) is 11.8. The van der Waals surface area contributed by atoms with Crippen LogP contribution in [0.3, 0.4) is 0 Å². The Balaban J connectivity index is 1.36. The van der Waals surface area contributed by atoms with Gasteiger partial charge in [0.05, 0.1) is 12.0 Å². The van der Waals surface area contributed by atoms with Gasteiger partial charge in [-0.2, -0.15) is 0 Å². The number of ether oxygens (including phenoxy) is 1. The minimum absolute atomic E-state index is 0.192. The fourth-order valence-corrected chi connectivity index (χ4v) is 5.31. The molecule has 0 aromatic heterocycles. The summed E-state index contributed by atoms with van der Waals surface area (Å²) in [6.45, 7) is 10.9. The fraction of sp³-hybridized carbons (Fsp3) is 0.519. The van der Waals surface area contributed by atoms with Crippen LogP contribution in [0.4, 0.5) is 0 Å². The second-order valence-corrected chi connectivity index (χ2v) is 9.73. The monoisotopic (exact) mass is 421 g/mol. The molecule has 4 nitrogen and oxygen atoms in total.